The van der Waals surface area contributed by atoms with Crippen LogP contribution in [0.1, 0.15) is 15.2 Å². The monoisotopic (exact) mass is 345 g/mol. The summed E-state index contributed by atoms with van der Waals surface area (Å²) in [6, 6.07) is 7.27. The number of benzene rings is 1. The largest absolute Gasteiger partial charge is 0.478 e. The Labute approximate surface area is 131 Å². The van der Waals surface area contributed by atoms with Crippen LogP contribution in [0.25, 0.3) is 0 Å². The van der Waals surface area contributed by atoms with Gasteiger partial charge in [-0.05, 0) is 29.6 Å². The van der Waals surface area contributed by atoms with E-state index in [2.05, 4.69) is 0 Å². The second-order valence-electron chi connectivity index (χ2n) is 4.29. The summed E-state index contributed by atoms with van der Waals surface area (Å²) in [5.74, 6) is -1.20. The lowest BCUT2D eigenvalue weighted by Gasteiger charge is -2.17. The summed E-state index contributed by atoms with van der Waals surface area (Å²) in [6.45, 7) is 0.202. The van der Waals surface area contributed by atoms with E-state index in [4.69, 9.17) is 16.7 Å². The molecule has 0 aliphatic rings. The fraction of sp³-hybridized carbons (Fsp3) is 0.154. The number of thiophene rings is 1. The molecule has 0 atom stereocenters. The maximum Gasteiger partial charge on any atom is 0.335 e. The van der Waals surface area contributed by atoms with Gasteiger partial charge in [-0.15, -0.1) is 11.3 Å². The molecule has 1 heterocycles. The minimum atomic E-state index is -3.86. The number of hydrogen-bond acceptors (Lipinski definition) is 4. The number of sulfonamides is 1. The Balaban J connectivity index is 2.38. The van der Waals surface area contributed by atoms with Gasteiger partial charge in [-0.3, -0.25) is 0 Å². The van der Waals surface area contributed by atoms with Gasteiger partial charge in [0.15, 0.2) is 0 Å². The molecule has 0 aliphatic carbocycles. The van der Waals surface area contributed by atoms with Crippen LogP contribution in [-0.2, 0) is 16.6 Å². The lowest BCUT2D eigenvalue weighted by Crippen LogP contribution is -2.26. The van der Waals surface area contributed by atoms with E-state index in [1.807, 2.05) is 17.5 Å². The molecule has 1 aromatic carbocycles. The molecule has 5 nitrogen and oxygen atoms in total. The van der Waals surface area contributed by atoms with Gasteiger partial charge in [0.2, 0.25) is 10.0 Å². The Hall–Kier alpha value is -1.41. The van der Waals surface area contributed by atoms with Crippen molar-refractivity contribution in [2.24, 2.45) is 0 Å². The van der Waals surface area contributed by atoms with Crippen LogP contribution in [0.15, 0.2) is 40.6 Å². The van der Waals surface area contributed by atoms with Gasteiger partial charge in [0, 0.05) is 18.5 Å². The molecular weight excluding hydrogens is 334 g/mol. The molecule has 1 aromatic heterocycles. The van der Waals surface area contributed by atoms with Crippen LogP contribution in [0.5, 0.6) is 0 Å². The standard InChI is InChI=1S/C13H12ClNO4S2/c1-15(8-10-3-2-6-20-10)21(18,19)12-7-9(13(16)17)4-5-11(12)14/h2-7H,8H2,1H3,(H,16,17). The molecule has 0 bridgehead atoms. The van der Waals surface area contributed by atoms with Gasteiger partial charge in [0.05, 0.1) is 10.6 Å². The van der Waals surface area contributed by atoms with Gasteiger partial charge in [-0.2, -0.15) is 4.31 Å². The number of rotatable bonds is 5. The summed E-state index contributed by atoms with van der Waals surface area (Å²) in [5.41, 5.74) is -0.123. The Morgan fingerprint density at radius 1 is 1.38 bits per heavy atom. The molecule has 2 rings (SSSR count). The highest BCUT2D eigenvalue weighted by Gasteiger charge is 2.25. The number of hydrogen-bond donors (Lipinski definition) is 1. The number of aromatic carboxylic acids is 1. The molecule has 0 amide bonds. The average molecular weight is 346 g/mol. The molecule has 0 radical (unpaired) electrons. The van der Waals surface area contributed by atoms with E-state index in [-0.39, 0.29) is 22.0 Å². The normalized spacial score (nSPS) is 11.8. The molecular formula is C13H12ClNO4S2. The summed E-state index contributed by atoms with van der Waals surface area (Å²) in [4.78, 5) is 11.6. The number of nitrogens with zero attached hydrogens (tertiary/aromatic N) is 1. The molecule has 0 fully saturated rings. The Morgan fingerprint density at radius 3 is 2.67 bits per heavy atom. The smallest absolute Gasteiger partial charge is 0.335 e. The number of carboxylic acids is 1. The van der Waals surface area contributed by atoms with Gasteiger partial charge >= 0.3 is 5.97 Å². The third kappa shape index (κ3) is 3.44. The van der Waals surface area contributed by atoms with Gasteiger partial charge in [0.25, 0.3) is 0 Å². The molecule has 2 aromatic rings. The maximum atomic E-state index is 12.5. The second kappa shape index (κ2) is 6.15. The van der Waals surface area contributed by atoms with Crippen LogP contribution in [0.4, 0.5) is 0 Å². The molecule has 8 heteroatoms. The number of carboxylic acid groups (broad SMARTS) is 1. The van der Waals surface area contributed by atoms with Crippen LogP contribution < -0.4 is 0 Å². The predicted molar refractivity (Wildman–Crippen MR) is 81.4 cm³/mol. The van der Waals surface area contributed by atoms with Crippen molar-refractivity contribution in [2.45, 2.75) is 11.4 Å². The van der Waals surface area contributed by atoms with Crippen molar-refractivity contribution in [3.63, 3.8) is 0 Å². The highest BCUT2D eigenvalue weighted by atomic mass is 35.5. The third-order valence-corrected chi connectivity index (χ3v) is 5.97. The van der Waals surface area contributed by atoms with E-state index >= 15 is 0 Å². The number of carbonyl (C=O) groups is 1. The third-order valence-electron chi connectivity index (χ3n) is 2.82. The zero-order valence-corrected chi connectivity index (χ0v) is 13.4. The maximum absolute atomic E-state index is 12.5. The van der Waals surface area contributed by atoms with Gasteiger partial charge < -0.3 is 5.11 Å². The van der Waals surface area contributed by atoms with Crippen LogP contribution in [0.3, 0.4) is 0 Å². The quantitative estimate of drug-likeness (QED) is 0.904. The van der Waals surface area contributed by atoms with Gasteiger partial charge in [-0.25, -0.2) is 13.2 Å². The molecule has 0 spiro atoms. The molecule has 0 saturated carbocycles. The van der Waals surface area contributed by atoms with E-state index in [9.17, 15) is 13.2 Å². The van der Waals surface area contributed by atoms with Crippen LogP contribution >= 0.6 is 22.9 Å². The van der Waals surface area contributed by atoms with Crippen molar-refractivity contribution in [1.29, 1.82) is 0 Å². The number of halogens is 1. The minimum absolute atomic E-state index is 0.00182. The summed E-state index contributed by atoms with van der Waals surface area (Å²) >= 11 is 7.36. The first kappa shape index (κ1) is 16.0. The Kier molecular flexibility index (Phi) is 4.67. The summed E-state index contributed by atoms with van der Waals surface area (Å²) in [6.07, 6.45) is 0. The molecule has 21 heavy (non-hydrogen) atoms. The molecule has 0 unspecified atom stereocenters. The van der Waals surface area contributed by atoms with Crippen LogP contribution in [-0.4, -0.2) is 30.8 Å². The Morgan fingerprint density at radius 2 is 2.10 bits per heavy atom. The summed E-state index contributed by atoms with van der Waals surface area (Å²) in [7, 11) is -2.43. The molecule has 0 aliphatic heterocycles. The minimum Gasteiger partial charge on any atom is -0.478 e. The SMILES string of the molecule is CN(Cc1cccs1)S(=O)(=O)c1cc(C(=O)O)ccc1Cl. The fourth-order valence-electron chi connectivity index (χ4n) is 1.71. The highest BCUT2D eigenvalue weighted by Crippen LogP contribution is 2.26. The van der Waals surface area contributed by atoms with E-state index in [1.54, 1.807) is 0 Å². The first-order valence-electron chi connectivity index (χ1n) is 5.84. The lowest BCUT2D eigenvalue weighted by molar-refractivity contribution is 0.0696. The van der Waals surface area contributed by atoms with Crippen molar-refractivity contribution in [2.75, 3.05) is 7.05 Å². The zero-order valence-electron chi connectivity index (χ0n) is 11.0. The van der Waals surface area contributed by atoms with Crippen molar-refractivity contribution in [1.82, 2.24) is 4.31 Å². The predicted octanol–water partition coefficient (Wildman–Crippen LogP) is 2.92. The van der Waals surface area contributed by atoms with E-state index in [0.717, 1.165) is 15.2 Å². The summed E-state index contributed by atoms with van der Waals surface area (Å²) in [5, 5.41) is 10.8. The van der Waals surface area contributed by atoms with E-state index < -0.39 is 16.0 Å². The van der Waals surface area contributed by atoms with Gasteiger partial charge in [0.1, 0.15) is 4.90 Å². The van der Waals surface area contributed by atoms with Gasteiger partial charge in [-0.1, -0.05) is 17.7 Å². The van der Waals surface area contributed by atoms with Crippen molar-refractivity contribution in [3.8, 4) is 0 Å². The average Bonchev–Trinajstić information content (AvgIpc) is 2.91. The molecule has 112 valence electrons. The fourth-order valence-corrected chi connectivity index (χ4v) is 4.19. The van der Waals surface area contributed by atoms with Crippen molar-refractivity contribution in [3.05, 3.63) is 51.2 Å². The van der Waals surface area contributed by atoms with Crippen LogP contribution in [0.2, 0.25) is 5.02 Å². The molecule has 1 N–H and O–H groups in total. The highest BCUT2D eigenvalue weighted by molar-refractivity contribution is 7.89. The lowest BCUT2D eigenvalue weighted by atomic mass is 10.2. The van der Waals surface area contributed by atoms with Crippen molar-refractivity contribution >= 4 is 38.9 Å². The first-order chi connectivity index (χ1) is 9.82. The Bertz CT molecular complexity index is 756. The van der Waals surface area contributed by atoms with Crippen LogP contribution in [0, 0.1) is 0 Å². The van der Waals surface area contributed by atoms with Crippen molar-refractivity contribution < 1.29 is 18.3 Å². The second-order valence-corrected chi connectivity index (χ2v) is 7.74. The van der Waals surface area contributed by atoms with E-state index in [1.165, 1.54) is 30.5 Å². The zero-order chi connectivity index (χ0) is 15.6. The molecule has 0 saturated heterocycles. The topological polar surface area (TPSA) is 74.7 Å². The first-order valence-corrected chi connectivity index (χ1v) is 8.53. The van der Waals surface area contributed by atoms with E-state index in [0.29, 0.717) is 0 Å². The summed E-state index contributed by atoms with van der Waals surface area (Å²) < 4.78 is 26.2.